The second kappa shape index (κ2) is 9.97. The number of ether oxygens (including phenoxy) is 1. The maximum Gasteiger partial charge on any atom is 0.258 e. The van der Waals surface area contributed by atoms with Gasteiger partial charge in [-0.25, -0.2) is 0 Å². The van der Waals surface area contributed by atoms with Gasteiger partial charge >= 0.3 is 0 Å². The van der Waals surface area contributed by atoms with Crippen LogP contribution in [0.1, 0.15) is 29.3 Å². The van der Waals surface area contributed by atoms with Crippen LogP contribution < -0.4 is 4.74 Å². The van der Waals surface area contributed by atoms with Crippen molar-refractivity contribution >= 4 is 23.4 Å². The molecule has 2 aromatic carbocycles. The van der Waals surface area contributed by atoms with Crippen molar-refractivity contribution in [2.45, 2.75) is 20.0 Å². The average Bonchev–Trinajstić information content (AvgIpc) is 2.66. The largest absolute Gasteiger partial charge is 0.488 e. The molecular weight excluding hydrogens is 364 g/mol. The molecule has 27 heavy (non-hydrogen) atoms. The molecule has 6 heteroatoms. The number of rotatable bonds is 8. The summed E-state index contributed by atoms with van der Waals surface area (Å²) in [7, 11) is 3.36. The second-order valence-corrected chi connectivity index (χ2v) is 6.86. The van der Waals surface area contributed by atoms with Gasteiger partial charge in [-0.1, -0.05) is 42.8 Å². The van der Waals surface area contributed by atoms with Gasteiger partial charge in [0.1, 0.15) is 18.9 Å². The van der Waals surface area contributed by atoms with Crippen LogP contribution in [0.15, 0.2) is 48.5 Å². The van der Waals surface area contributed by atoms with Gasteiger partial charge in [0, 0.05) is 25.7 Å². The van der Waals surface area contributed by atoms with Crippen molar-refractivity contribution in [3.63, 3.8) is 0 Å². The first-order valence-electron chi connectivity index (χ1n) is 8.88. The van der Waals surface area contributed by atoms with Crippen LogP contribution in [-0.2, 0) is 11.4 Å². The van der Waals surface area contributed by atoms with Gasteiger partial charge in [-0.05, 0) is 36.2 Å². The summed E-state index contributed by atoms with van der Waals surface area (Å²) in [6.45, 7) is 2.85. The summed E-state index contributed by atoms with van der Waals surface area (Å²) in [6.07, 6.45) is 0.764. The van der Waals surface area contributed by atoms with Crippen LogP contribution in [0.25, 0.3) is 0 Å². The van der Waals surface area contributed by atoms with Crippen LogP contribution in [0, 0.1) is 0 Å². The van der Waals surface area contributed by atoms with Crippen molar-refractivity contribution in [3.8, 4) is 5.75 Å². The number of amides is 2. The Labute approximate surface area is 165 Å². The Balaban J connectivity index is 2.16. The van der Waals surface area contributed by atoms with E-state index >= 15 is 0 Å². The maximum atomic E-state index is 13.0. The molecule has 0 fully saturated rings. The lowest BCUT2D eigenvalue weighted by molar-refractivity contribution is -0.129. The molecule has 0 heterocycles. The highest BCUT2D eigenvalue weighted by molar-refractivity contribution is 6.30. The highest BCUT2D eigenvalue weighted by atomic mass is 35.5. The van der Waals surface area contributed by atoms with Crippen LogP contribution in [0.4, 0.5) is 0 Å². The summed E-state index contributed by atoms with van der Waals surface area (Å²) in [4.78, 5) is 28.2. The molecular formula is C21H25ClN2O3. The summed E-state index contributed by atoms with van der Waals surface area (Å²) in [6, 6.07) is 14.5. The number of para-hydroxylation sites is 1. The number of likely N-dealkylation sites (N-methyl/N-ethyl adjacent to an activating group) is 1. The third kappa shape index (κ3) is 6.00. The molecule has 0 N–H and O–H groups in total. The van der Waals surface area contributed by atoms with Crippen LogP contribution in [0.5, 0.6) is 5.75 Å². The van der Waals surface area contributed by atoms with Crippen LogP contribution >= 0.6 is 11.6 Å². The highest BCUT2D eigenvalue weighted by Gasteiger charge is 2.22. The molecule has 2 amide bonds. The highest BCUT2D eigenvalue weighted by Crippen LogP contribution is 2.22. The molecule has 0 aliphatic heterocycles. The first kappa shape index (κ1) is 20.8. The molecule has 0 aromatic heterocycles. The number of nitrogens with zero attached hydrogens (tertiary/aromatic N) is 2. The topological polar surface area (TPSA) is 49.9 Å². The SMILES string of the molecule is CCCN(CC(=O)N(C)C)C(=O)c1ccccc1OCc1ccc(Cl)cc1. The normalized spacial score (nSPS) is 10.4. The quantitative estimate of drug-likeness (QED) is 0.690. The summed E-state index contributed by atoms with van der Waals surface area (Å²) in [5, 5.41) is 0.662. The summed E-state index contributed by atoms with van der Waals surface area (Å²) in [5.74, 6) is 0.172. The Morgan fingerprint density at radius 1 is 1.04 bits per heavy atom. The van der Waals surface area contributed by atoms with E-state index in [2.05, 4.69) is 0 Å². The molecule has 144 valence electrons. The van der Waals surface area contributed by atoms with E-state index in [1.54, 1.807) is 49.3 Å². The zero-order valence-electron chi connectivity index (χ0n) is 15.9. The standard InChI is InChI=1S/C21H25ClN2O3/c1-4-13-24(14-20(25)23(2)3)21(26)18-7-5-6-8-19(18)27-15-16-9-11-17(22)12-10-16/h5-12H,4,13-15H2,1-3H3. The molecule has 0 aliphatic rings. The molecule has 0 saturated carbocycles. The van der Waals surface area contributed by atoms with Gasteiger partial charge < -0.3 is 14.5 Å². The van der Waals surface area contributed by atoms with Crippen LogP contribution in [0.2, 0.25) is 5.02 Å². The van der Waals surface area contributed by atoms with E-state index in [0.29, 0.717) is 29.5 Å². The summed E-state index contributed by atoms with van der Waals surface area (Å²) in [5.41, 5.74) is 1.40. The Morgan fingerprint density at radius 3 is 2.33 bits per heavy atom. The van der Waals surface area contributed by atoms with E-state index in [4.69, 9.17) is 16.3 Å². The molecule has 0 spiro atoms. The minimum Gasteiger partial charge on any atom is -0.488 e. The average molecular weight is 389 g/mol. The van der Waals surface area contributed by atoms with E-state index in [9.17, 15) is 9.59 Å². The van der Waals surface area contributed by atoms with Gasteiger partial charge in [-0.2, -0.15) is 0 Å². The third-order valence-electron chi connectivity index (χ3n) is 4.03. The van der Waals surface area contributed by atoms with Crippen molar-refractivity contribution < 1.29 is 14.3 Å². The van der Waals surface area contributed by atoms with Gasteiger partial charge in [0.2, 0.25) is 5.91 Å². The Morgan fingerprint density at radius 2 is 1.70 bits per heavy atom. The van der Waals surface area contributed by atoms with E-state index in [1.165, 1.54) is 4.90 Å². The predicted octanol–water partition coefficient (Wildman–Crippen LogP) is 3.86. The monoisotopic (exact) mass is 388 g/mol. The number of hydrogen-bond donors (Lipinski definition) is 0. The molecule has 0 atom stereocenters. The fraction of sp³-hybridized carbons (Fsp3) is 0.333. The number of carbonyl (C=O) groups excluding carboxylic acids is 2. The van der Waals surface area contributed by atoms with E-state index in [0.717, 1.165) is 12.0 Å². The van der Waals surface area contributed by atoms with Crippen molar-refractivity contribution in [1.29, 1.82) is 0 Å². The Hall–Kier alpha value is -2.53. The molecule has 0 bridgehead atoms. The molecule has 0 aliphatic carbocycles. The van der Waals surface area contributed by atoms with E-state index in [1.807, 2.05) is 25.1 Å². The van der Waals surface area contributed by atoms with Crippen LogP contribution in [0.3, 0.4) is 0 Å². The van der Waals surface area contributed by atoms with Crippen molar-refractivity contribution in [3.05, 3.63) is 64.7 Å². The smallest absolute Gasteiger partial charge is 0.258 e. The summed E-state index contributed by atoms with van der Waals surface area (Å²) >= 11 is 5.90. The minimum atomic E-state index is -0.209. The predicted molar refractivity (Wildman–Crippen MR) is 107 cm³/mol. The number of benzene rings is 2. The molecule has 2 aromatic rings. The third-order valence-corrected chi connectivity index (χ3v) is 4.28. The Kier molecular flexibility index (Phi) is 7.67. The summed E-state index contributed by atoms with van der Waals surface area (Å²) < 4.78 is 5.88. The van der Waals surface area contributed by atoms with Gasteiger partial charge in [0.15, 0.2) is 0 Å². The molecule has 2 rings (SSSR count). The van der Waals surface area contributed by atoms with Crippen molar-refractivity contribution in [2.75, 3.05) is 27.2 Å². The first-order valence-corrected chi connectivity index (χ1v) is 9.26. The molecule has 0 radical (unpaired) electrons. The molecule has 0 saturated heterocycles. The fourth-order valence-corrected chi connectivity index (χ4v) is 2.63. The minimum absolute atomic E-state index is 0.0468. The second-order valence-electron chi connectivity index (χ2n) is 6.43. The Bertz CT molecular complexity index is 775. The van der Waals surface area contributed by atoms with Crippen molar-refractivity contribution in [2.24, 2.45) is 0 Å². The lowest BCUT2D eigenvalue weighted by Gasteiger charge is -2.24. The van der Waals surface area contributed by atoms with Gasteiger partial charge in [0.25, 0.3) is 5.91 Å². The molecule has 0 unspecified atom stereocenters. The van der Waals surface area contributed by atoms with Gasteiger partial charge in [-0.3, -0.25) is 9.59 Å². The maximum absolute atomic E-state index is 13.0. The van der Waals surface area contributed by atoms with E-state index < -0.39 is 0 Å². The first-order chi connectivity index (χ1) is 12.9. The van der Waals surface area contributed by atoms with Crippen molar-refractivity contribution in [1.82, 2.24) is 9.80 Å². The molecule has 5 nitrogen and oxygen atoms in total. The number of halogens is 1. The number of hydrogen-bond acceptors (Lipinski definition) is 3. The fourth-order valence-electron chi connectivity index (χ4n) is 2.51. The lowest BCUT2D eigenvalue weighted by Crippen LogP contribution is -2.40. The zero-order chi connectivity index (χ0) is 19.8. The van der Waals surface area contributed by atoms with Gasteiger partial charge in [-0.15, -0.1) is 0 Å². The number of carbonyl (C=O) groups is 2. The van der Waals surface area contributed by atoms with E-state index in [-0.39, 0.29) is 18.4 Å². The van der Waals surface area contributed by atoms with Crippen LogP contribution in [-0.4, -0.2) is 48.8 Å². The lowest BCUT2D eigenvalue weighted by atomic mass is 10.1. The zero-order valence-corrected chi connectivity index (χ0v) is 16.7. The van der Waals surface area contributed by atoms with Gasteiger partial charge in [0.05, 0.1) is 5.56 Å².